The van der Waals surface area contributed by atoms with Gasteiger partial charge in [-0.25, -0.2) is 0 Å². The summed E-state index contributed by atoms with van der Waals surface area (Å²) in [5.41, 5.74) is 2.30. The molecule has 4 nitrogen and oxygen atoms in total. The van der Waals surface area contributed by atoms with E-state index in [1.165, 1.54) is 56.9 Å². The van der Waals surface area contributed by atoms with Gasteiger partial charge in [0.2, 0.25) is 0 Å². The minimum atomic E-state index is -0.140. The molecular weight excluding hydrogens is 472 g/mol. The number of fused-ring (bicyclic) bond motifs is 7. The number of esters is 2. The van der Waals surface area contributed by atoms with Crippen LogP contribution in [0.5, 0.6) is 0 Å². The predicted octanol–water partition coefficient (Wildman–Crippen LogP) is 8.14. The van der Waals surface area contributed by atoms with Crippen molar-refractivity contribution < 1.29 is 19.1 Å². The molecule has 10 atom stereocenters. The van der Waals surface area contributed by atoms with Crippen LogP contribution in [-0.4, -0.2) is 24.6 Å². The molecule has 6 unspecified atom stereocenters. The smallest absolute Gasteiger partial charge is 0.302 e. The summed E-state index contributed by atoms with van der Waals surface area (Å²) in [4.78, 5) is 23.8. The maximum Gasteiger partial charge on any atom is 0.302 e. The number of hydrogen-bond acceptors (Lipinski definition) is 4. The molecular formula is C34H54O4. The topological polar surface area (TPSA) is 52.6 Å². The van der Waals surface area contributed by atoms with Crippen LogP contribution in [0.3, 0.4) is 0 Å². The minimum absolute atomic E-state index is 0.00000109. The van der Waals surface area contributed by atoms with E-state index < -0.39 is 0 Å². The van der Waals surface area contributed by atoms with E-state index in [1.54, 1.807) is 13.8 Å². The van der Waals surface area contributed by atoms with Gasteiger partial charge in [-0.1, -0.05) is 46.8 Å². The van der Waals surface area contributed by atoms with Gasteiger partial charge in [0.15, 0.2) is 0 Å². The molecule has 0 aromatic heterocycles. The van der Waals surface area contributed by atoms with Gasteiger partial charge in [-0.3, -0.25) is 9.59 Å². The first-order valence-corrected chi connectivity index (χ1v) is 15.6. The number of hydrogen-bond donors (Lipinski definition) is 0. The van der Waals surface area contributed by atoms with Crippen molar-refractivity contribution in [2.75, 3.05) is 6.61 Å². The zero-order chi connectivity index (χ0) is 27.9. The Labute approximate surface area is 232 Å². The molecule has 4 heteroatoms. The number of ether oxygens (including phenoxy) is 2. The SMILES string of the molecule is C=C(C)[C@@H]1CCC2(COC(C)=O)CC[C@]3(C)C(CCC4[C@@]5(C)CCC(OC(C)=O)C(C)(C)C5CC[C@]43C)C12. The second kappa shape index (κ2) is 9.10. The fraction of sp³-hybridized carbons (Fsp3) is 0.882. The Morgan fingerprint density at radius 2 is 1.47 bits per heavy atom. The molecule has 5 aliphatic rings. The zero-order valence-corrected chi connectivity index (χ0v) is 25.6. The second-order valence-corrected chi connectivity index (χ2v) is 15.8. The Kier molecular flexibility index (Phi) is 6.76. The lowest BCUT2D eigenvalue weighted by atomic mass is 9.32. The van der Waals surface area contributed by atoms with Gasteiger partial charge in [-0.05, 0) is 117 Å². The summed E-state index contributed by atoms with van der Waals surface area (Å²) < 4.78 is 11.7. The van der Waals surface area contributed by atoms with Crippen molar-refractivity contribution in [3.05, 3.63) is 12.2 Å². The van der Waals surface area contributed by atoms with Gasteiger partial charge in [0, 0.05) is 24.7 Å². The van der Waals surface area contributed by atoms with E-state index in [0.717, 1.165) is 12.8 Å². The molecule has 0 amide bonds. The summed E-state index contributed by atoms with van der Waals surface area (Å²) in [6.07, 6.45) is 12.0. The van der Waals surface area contributed by atoms with Gasteiger partial charge in [0.25, 0.3) is 0 Å². The number of carbonyl (C=O) groups excluding carboxylic acids is 2. The van der Waals surface area contributed by atoms with Gasteiger partial charge < -0.3 is 9.47 Å². The van der Waals surface area contributed by atoms with Crippen LogP contribution in [0.15, 0.2) is 12.2 Å². The van der Waals surface area contributed by atoms with Gasteiger partial charge in [0.1, 0.15) is 6.10 Å². The van der Waals surface area contributed by atoms with Crippen LogP contribution >= 0.6 is 0 Å². The van der Waals surface area contributed by atoms with Crippen molar-refractivity contribution >= 4 is 11.9 Å². The highest BCUT2D eigenvalue weighted by molar-refractivity contribution is 5.66. The molecule has 0 aromatic rings. The number of carbonyl (C=O) groups is 2. The van der Waals surface area contributed by atoms with E-state index in [0.29, 0.717) is 41.6 Å². The van der Waals surface area contributed by atoms with Crippen LogP contribution in [0.25, 0.3) is 0 Å². The molecule has 38 heavy (non-hydrogen) atoms. The molecule has 0 radical (unpaired) electrons. The van der Waals surface area contributed by atoms with Gasteiger partial charge in [-0.15, -0.1) is 0 Å². The Balaban J connectivity index is 1.49. The quantitative estimate of drug-likeness (QED) is 0.274. The van der Waals surface area contributed by atoms with Crippen molar-refractivity contribution in [2.24, 2.45) is 56.7 Å². The van der Waals surface area contributed by atoms with E-state index in [4.69, 9.17) is 9.47 Å². The monoisotopic (exact) mass is 526 g/mol. The highest BCUT2D eigenvalue weighted by Gasteiger charge is 2.71. The van der Waals surface area contributed by atoms with Crippen molar-refractivity contribution in [2.45, 2.75) is 126 Å². The Morgan fingerprint density at radius 3 is 2.11 bits per heavy atom. The van der Waals surface area contributed by atoms with Gasteiger partial charge in [0.05, 0.1) is 6.61 Å². The first-order valence-electron chi connectivity index (χ1n) is 15.6. The normalized spacial score (nSPS) is 49.1. The molecule has 0 N–H and O–H groups in total. The van der Waals surface area contributed by atoms with Crippen molar-refractivity contribution in [3.63, 3.8) is 0 Å². The molecule has 0 spiro atoms. The average Bonchev–Trinajstić information content (AvgIpc) is 3.20. The van der Waals surface area contributed by atoms with Gasteiger partial charge >= 0.3 is 11.9 Å². The van der Waals surface area contributed by atoms with Crippen molar-refractivity contribution in [1.82, 2.24) is 0 Å². The third-order valence-corrected chi connectivity index (χ3v) is 14.0. The summed E-state index contributed by atoms with van der Waals surface area (Å²) in [6.45, 7) is 23.1. The third kappa shape index (κ3) is 3.80. The fourth-order valence-electron chi connectivity index (χ4n) is 12.2. The first-order chi connectivity index (χ1) is 17.6. The summed E-state index contributed by atoms with van der Waals surface area (Å²) in [7, 11) is 0. The summed E-state index contributed by atoms with van der Waals surface area (Å²) in [5, 5.41) is 0. The molecule has 0 heterocycles. The molecule has 214 valence electrons. The average molecular weight is 527 g/mol. The van der Waals surface area contributed by atoms with Crippen LogP contribution < -0.4 is 0 Å². The Bertz CT molecular complexity index is 998. The number of rotatable bonds is 4. The lowest BCUT2D eigenvalue weighted by Gasteiger charge is -2.73. The predicted molar refractivity (Wildman–Crippen MR) is 151 cm³/mol. The van der Waals surface area contributed by atoms with Crippen LogP contribution in [0.4, 0.5) is 0 Å². The molecule has 0 aromatic carbocycles. The van der Waals surface area contributed by atoms with E-state index >= 15 is 0 Å². The van der Waals surface area contributed by atoms with Gasteiger partial charge in [-0.2, -0.15) is 0 Å². The Hall–Kier alpha value is -1.32. The minimum Gasteiger partial charge on any atom is -0.465 e. The highest BCUT2D eigenvalue weighted by atomic mass is 16.5. The molecule has 5 fully saturated rings. The first kappa shape index (κ1) is 28.2. The van der Waals surface area contributed by atoms with Crippen LogP contribution in [0.1, 0.15) is 120 Å². The lowest BCUT2D eigenvalue weighted by molar-refractivity contribution is -0.252. The molecule has 5 saturated carbocycles. The molecule has 5 rings (SSSR count). The molecule has 5 aliphatic carbocycles. The van der Waals surface area contributed by atoms with E-state index in [1.807, 2.05) is 0 Å². The zero-order valence-electron chi connectivity index (χ0n) is 25.6. The summed E-state index contributed by atoms with van der Waals surface area (Å²) >= 11 is 0. The van der Waals surface area contributed by atoms with Crippen molar-refractivity contribution in [1.29, 1.82) is 0 Å². The third-order valence-electron chi connectivity index (χ3n) is 14.0. The summed E-state index contributed by atoms with van der Waals surface area (Å²) in [6, 6.07) is 0. The molecule has 0 aliphatic heterocycles. The van der Waals surface area contributed by atoms with E-state index in [-0.39, 0.29) is 39.7 Å². The van der Waals surface area contributed by atoms with Crippen LogP contribution in [0.2, 0.25) is 0 Å². The fourth-order valence-corrected chi connectivity index (χ4v) is 12.2. The number of allylic oxidation sites excluding steroid dienone is 1. The summed E-state index contributed by atoms with van der Waals surface area (Å²) in [5.74, 6) is 2.76. The lowest BCUT2D eigenvalue weighted by Crippen LogP contribution is -2.67. The highest BCUT2D eigenvalue weighted by Crippen LogP contribution is 2.77. The Morgan fingerprint density at radius 1 is 0.763 bits per heavy atom. The maximum atomic E-state index is 11.9. The molecule has 0 bridgehead atoms. The largest absolute Gasteiger partial charge is 0.465 e. The second-order valence-electron chi connectivity index (χ2n) is 15.8. The van der Waals surface area contributed by atoms with E-state index in [9.17, 15) is 9.59 Å². The standard InChI is InChI=1S/C34H54O4/c1-21(2)24-12-17-34(20-37-22(3)35)19-18-32(8)25(29(24)34)10-11-27-31(7)15-14-28(38-23(4)36)30(5,6)26(31)13-16-33(27,32)9/h24-29H,1,10-20H2,2-9H3/t24-,25?,26?,27?,28?,29?,31-,32+,33+,34?/m0/s1. The van der Waals surface area contributed by atoms with Crippen LogP contribution in [-0.2, 0) is 19.1 Å². The molecule has 0 saturated heterocycles. The van der Waals surface area contributed by atoms with Crippen LogP contribution in [0, 0.1) is 56.7 Å². The van der Waals surface area contributed by atoms with Crippen molar-refractivity contribution in [3.8, 4) is 0 Å². The maximum absolute atomic E-state index is 11.9. The van der Waals surface area contributed by atoms with E-state index in [2.05, 4.69) is 48.1 Å².